The molecular formula is C10H22N2O5S. The number of nitrogens with zero attached hydrogens (tertiary/aromatic N) is 1. The molecular weight excluding hydrogens is 260 g/mol. The molecule has 0 aliphatic rings. The van der Waals surface area contributed by atoms with E-state index in [-0.39, 0.29) is 19.6 Å². The molecule has 0 amide bonds. The van der Waals surface area contributed by atoms with Crippen molar-refractivity contribution in [1.82, 2.24) is 9.03 Å². The summed E-state index contributed by atoms with van der Waals surface area (Å²) in [7, 11) is 0.506. The van der Waals surface area contributed by atoms with Gasteiger partial charge in [0, 0.05) is 20.7 Å². The normalized spacial score (nSPS) is 12.8. The van der Waals surface area contributed by atoms with Gasteiger partial charge < -0.3 is 9.47 Å². The van der Waals surface area contributed by atoms with Crippen LogP contribution >= 0.6 is 0 Å². The molecule has 108 valence electrons. The topological polar surface area (TPSA) is 84.9 Å². The second-order valence-corrected chi connectivity index (χ2v) is 6.35. The van der Waals surface area contributed by atoms with Crippen molar-refractivity contribution in [2.75, 3.05) is 34.4 Å². The average Bonchev–Trinajstić information content (AvgIpc) is 2.23. The Bertz CT molecular complexity index is 366. The zero-order chi connectivity index (χ0) is 14.4. The molecule has 0 aromatic rings. The van der Waals surface area contributed by atoms with Crippen LogP contribution in [0.5, 0.6) is 0 Å². The summed E-state index contributed by atoms with van der Waals surface area (Å²) in [5.74, 6) is -0.451. The van der Waals surface area contributed by atoms with Gasteiger partial charge in [-0.2, -0.15) is 17.4 Å². The van der Waals surface area contributed by atoms with Gasteiger partial charge in [0.05, 0.1) is 25.7 Å². The van der Waals surface area contributed by atoms with E-state index in [9.17, 15) is 13.2 Å². The van der Waals surface area contributed by atoms with Crippen molar-refractivity contribution >= 4 is 16.2 Å². The predicted octanol–water partition coefficient (Wildman–Crippen LogP) is -0.259. The molecule has 0 saturated heterocycles. The van der Waals surface area contributed by atoms with E-state index in [1.807, 2.05) is 0 Å². The predicted molar refractivity (Wildman–Crippen MR) is 67.3 cm³/mol. The van der Waals surface area contributed by atoms with Crippen LogP contribution in [0.15, 0.2) is 0 Å². The van der Waals surface area contributed by atoms with Crippen LogP contribution in [0.3, 0.4) is 0 Å². The Kier molecular flexibility index (Phi) is 6.76. The van der Waals surface area contributed by atoms with Crippen molar-refractivity contribution in [1.29, 1.82) is 0 Å². The molecule has 0 aliphatic heterocycles. The average molecular weight is 282 g/mol. The molecule has 0 fully saturated rings. The van der Waals surface area contributed by atoms with Gasteiger partial charge in [0.15, 0.2) is 0 Å². The molecule has 0 radical (unpaired) electrons. The van der Waals surface area contributed by atoms with Gasteiger partial charge in [-0.1, -0.05) is 0 Å². The number of hydrogen-bond acceptors (Lipinski definition) is 5. The molecule has 1 N–H and O–H groups in total. The Morgan fingerprint density at radius 1 is 1.33 bits per heavy atom. The molecule has 0 aromatic carbocycles. The van der Waals surface area contributed by atoms with Crippen molar-refractivity contribution in [3.63, 3.8) is 0 Å². The number of methoxy groups -OCH3 is 2. The lowest BCUT2D eigenvalue weighted by molar-refractivity contribution is -0.140. The first-order valence-corrected chi connectivity index (χ1v) is 6.89. The summed E-state index contributed by atoms with van der Waals surface area (Å²) in [5.41, 5.74) is -0.715. The second kappa shape index (κ2) is 7.03. The smallest absolute Gasteiger partial charge is 0.306 e. The quantitative estimate of drug-likeness (QED) is 0.620. The fourth-order valence-corrected chi connectivity index (χ4v) is 2.53. The number of nitrogens with one attached hydrogen (secondary N) is 1. The largest absolute Gasteiger partial charge is 0.469 e. The molecule has 7 nitrogen and oxygen atoms in total. The maximum absolute atomic E-state index is 11.9. The summed E-state index contributed by atoms with van der Waals surface area (Å²) in [6.45, 7) is 3.73. The first kappa shape index (κ1) is 17.3. The molecule has 8 heteroatoms. The molecule has 18 heavy (non-hydrogen) atoms. The minimum atomic E-state index is -3.65. The lowest BCUT2D eigenvalue weighted by Crippen LogP contribution is -2.51. The van der Waals surface area contributed by atoms with Gasteiger partial charge in [0.2, 0.25) is 0 Å². The van der Waals surface area contributed by atoms with E-state index in [1.165, 1.54) is 21.3 Å². The minimum absolute atomic E-state index is 0.0125. The van der Waals surface area contributed by atoms with Crippen LogP contribution in [-0.4, -0.2) is 58.7 Å². The van der Waals surface area contributed by atoms with Crippen LogP contribution in [0.25, 0.3) is 0 Å². The summed E-state index contributed by atoms with van der Waals surface area (Å²) in [5, 5.41) is 0. The van der Waals surface area contributed by atoms with E-state index in [0.717, 1.165) is 4.31 Å². The molecule has 0 atom stereocenters. The summed E-state index contributed by atoms with van der Waals surface area (Å²) in [6, 6.07) is 0. The number of carbonyl (C=O) groups excluding carboxylic acids is 1. The number of ether oxygens (including phenoxy) is 2. The third-order valence-corrected chi connectivity index (χ3v) is 3.99. The highest BCUT2D eigenvalue weighted by atomic mass is 32.2. The van der Waals surface area contributed by atoms with E-state index in [1.54, 1.807) is 13.8 Å². The molecule has 0 heterocycles. The van der Waals surface area contributed by atoms with Gasteiger partial charge in [-0.3, -0.25) is 4.79 Å². The van der Waals surface area contributed by atoms with E-state index in [2.05, 4.69) is 9.46 Å². The minimum Gasteiger partial charge on any atom is -0.469 e. The van der Waals surface area contributed by atoms with Crippen molar-refractivity contribution < 1.29 is 22.7 Å². The highest BCUT2D eigenvalue weighted by Gasteiger charge is 2.28. The van der Waals surface area contributed by atoms with Crippen LogP contribution in [0, 0.1) is 0 Å². The lowest BCUT2D eigenvalue weighted by atomic mass is 10.1. The SMILES string of the molecule is COCC(C)(C)NS(=O)(=O)N(C)CCC(=O)OC. The zero-order valence-corrected chi connectivity index (χ0v) is 12.3. The molecule has 0 spiro atoms. The van der Waals surface area contributed by atoms with E-state index < -0.39 is 21.7 Å². The molecule has 0 saturated carbocycles. The van der Waals surface area contributed by atoms with Crippen LogP contribution in [0.2, 0.25) is 0 Å². The van der Waals surface area contributed by atoms with Gasteiger partial charge >= 0.3 is 5.97 Å². The number of rotatable bonds is 8. The van der Waals surface area contributed by atoms with Crippen LogP contribution in [0.1, 0.15) is 20.3 Å². The van der Waals surface area contributed by atoms with Crippen LogP contribution < -0.4 is 4.72 Å². The maximum atomic E-state index is 11.9. The van der Waals surface area contributed by atoms with Crippen molar-refractivity contribution in [3.05, 3.63) is 0 Å². The van der Waals surface area contributed by atoms with Gasteiger partial charge in [-0.25, -0.2) is 0 Å². The van der Waals surface area contributed by atoms with Crippen molar-refractivity contribution in [2.24, 2.45) is 0 Å². The number of hydrogen-bond donors (Lipinski definition) is 1. The molecule has 0 aliphatic carbocycles. The molecule has 0 rings (SSSR count). The van der Waals surface area contributed by atoms with Gasteiger partial charge in [0.25, 0.3) is 10.2 Å². The summed E-state index contributed by atoms with van der Waals surface area (Å²) in [4.78, 5) is 10.9. The Morgan fingerprint density at radius 2 is 1.89 bits per heavy atom. The number of esters is 1. The third kappa shape index (κ3) is 6.29. The van der Waals surface area contributed by atoms with E-state index in [4.69, 9.17) is 4.74 Å². The van der Waals surface area contributed by atoms with Crippen molar-refractivity contribution in [3.8, 4) is 0 Å². The second-order valence-electron chi connectivity index (χ2n) is 4.57. The Labute approximate surface area is 109 Å². The van der Waals surface area contributed by atoms with Gasteiger partial charge in [-0.05, 0) is 13.8 Å². The van der Waals surface area contributed by atoms with E-state index >= 15 is 0 Å². The fourth-order valence-electron chi connectivity index (χ4n) is 1.29. The lowest BCUT2D eigenvalue weighted by Gasteiger charge is -2.28. The summed E-state index contributed by atoms with van der Waals surface area (Å²) >= 11 is 0. The maximum Gasteiger partial charge on any atom is 0.306 e. The van der Waals surface area contributed by atoms with Crippen molar-refractivity contribution in [2.45, 2.75) is 25.8 Å². The summed E-state index contributed by atoms with van der Waals surface area (Å²) < 4.78 is 36.8. The fraction of sp³-hybridized carbons (Fsp3) is 0.900. The van der Waals surface area contributed by atoms with Crippen LogP contribution in [-0.2, 0) is 24.5 Å². The Hall–Kier alpha value is -0.700. The first-order valence-electron chi connectivity index (χ1n) is 5.45. The molecule has 0 bridgehead atoms. The third-order valence-electron chi connectivity index (χ3n) is 2.18. The number of carbonyl (C=O) groups is 1. The van der Waals surface area contributed by atoms with Gasteiger partial charge in [-0.15, -0.1) is 0 Å². The highest BCUT2D eigenvalue weighted by molar-refractivity contribution is 7.87. The van der Waals surface area contributed by atoms with Gasteiger partial charge in [0.1, 0.15) is 0 Å². The summed E-state index contributed by atoms with van der Waals surface area (Å²) in [6.07, 6.45) is 0.0125. The standard InChI is InChI=1S/C10H22N2O5S/c1-10(2,8-16-4)11-18(14,15)12(3)7-6-9(13)17-5/h11H,6-8H2,1-5H3. The Morgan fingerprint density at radius 3 is 2.33 bits per heavy atom. The molecule has 0 aromatic heterocycles. The highest BCUT2D eigenvalue weighted by Crippen LogP contribution is 2.07. The first-order chi connectivity index (χ1) is 8.14. The Balaban J connectivity index is 4.49. The van der Waals surface area contributed by atoms with Crippen LogP contribution in [0.4, 0.5) is 0 Å². The molecule has 0 unspecified atom stereocenters. The monoisotopic (exact) mass is 282 g/mol. The zero-order valence-electron chi connectivity index (χ0n) is 11.5. The van der Waals surface area contributed by atoms with E-state index in [0.29, 0.717) is 0 Å².